The molecule has 0 amide bonds. The zero-order valence-electron chi connectivity index (χ0n) is 17.4. The van der Waals surface area contributed by atoms with Crippen molar-refractivity contribution < 1.29 is 14.4 Å². The summed E-state index contributed by atoms with van der Waals surface area (Å²) < 4.78 is 14.1. The molecule has 0 bridgehead atoms. The normalized spacial score (nSPS) is 11.4. The molecular formula is C26H24NO3P. The molecule has 4 aromatic carbocycles. The standard InChI is InChI=1S/C26H24NO3P/c1-19-11-3-5-13-21(19)23-15-7-9-17-25(23)27(31(28,29)30)26-18-10-8-16-24(26)22-14-6-4-12-20(22)2/h3-18H,1-2H3,(H2,28,29,30). The minimum absolute atomic E-state index is 0.464. The van der Waals surface area contributed by atoms with E-state index in [4.69, 9.17) is 0 Å². The summed E-state index contributed by atoms with van der Waals surface area (Å²) in [5.41, 5.74) is 6.40. The molecule has 0 spiro atoms. The van der Waals surface area contributed by atoms with E-state index in [0.717, 1.165) is 38.1 Å². The molecule has 0 fully saturated rings. The second kappa shape index (κ2) is 8.52. The van der Waals surface area contributed by atoms with Gasteiger partial charge in [0, 0.05) is 11.1 Å². The van der Waals surface area contributed by atoms with Crippen LogP contribution in [0.3, 0.4) is 0 Å². The molecule has 0 saturated heterocycles. The molecule has 4 nitrogen and oxygen atoms in total. The summed E-state index contributed by atoms with van der Waals surface area (Å²) in [5, 5.41) is 0. The summed E-state index contributed by atoms with van der Waals surface area (Å²) in [6.45, 7) is 3.99. The maximum Gasteiger partial charge on any atom is 0.434 e. The fourth-order valence-electron chi connectivity index (χ4n) is 3.93. The third-order valence-electron chi connectivity index (χ3n) is 5.40. The topological polar surface area (TPSA) is 60.8 Å². The van der Waals surface area contributed by atoms with Crippen molar-refractivity contribution in [2.45, 2.75) is 13.8 Å². The Morgan fingerprint density at radius 3 is 1.23 bits per heavy atom. The van der Waals surface area contributed by atoms with E-state index in [9.17, 15) is 14.4 Å². The first-order valence-electron chi connectivity index (χ1n) is 10.0. The summed E-state index contributed by atoms with van der Waals surface area (Å²) in [6.07, 6.45) is 0. The Morgan fingerprint density at radius 1 is 0.548 bits per heavy atom. The van der Waals surface area contributed by atoms with Crippen LogP contribution in [0.4, 0.5) is 11.4 Å². The number of para-hydroxylation sites is 2. The zero-order chi connectivity index (χ0) is 22.0. The lowest BCUT2D eigenvalue weighted by atomic mass is 9.97. The van der Waals surface area contributed by atoms with Gasteiger partial charge in [-0.15, -0.1) is 0 Å². The van der Waals surface area contributed by atoms with E-state index < -0.39 is 7.75 Å². The molecule has 0 radical (unpaired) electrons. The average Bonchev–Trinajstić information content (AvgIpc) is 2.75. The predicted molar refractivity (Wildman–Crippen MR) is 127 cm³/mol. The highest BCUT2D eigenvalue weighted by atomic mass is 31.2. The van der Waals surface area contributed by atoms with Crippen LogP contribution in [0, 0.1) is 13.8 Å². The number of anilines is 2. The van der Waals surface area contributed by atoms with Gasteiger partial charge in [0.25, 0.3) is 0 Å². The molecule has 0 aliphatic rings. The average molecular weight is 429 g/mol. The Kier molecular flexibility index (Phi) is 5.79. The Labute approximate surface area is 182 Å². The lowest BCUT2D eigenvalue weighted by Gasteiger charge is -2.30. The van der Waals surface area contributed by atoms with Crippen molar-refractivity contribution in [1.29, 1.82) is 0 Å². The van der Waals surface area contributed by atoms with Gasteiger partial charge in [0.2, 0.25) is 0 Å². The van der Waals surface area contributed by atoms with E-state index in [0.29, 0.717) is 11.4 Å². The smallest absolute Gasteiger partial charge is 0.308 e. The molecule has 0 aliphatic heterocycles. The Balaban J connectivity index is 2.00. The van der Waals surface area contributed by atoms with Crippen LogP contribution < -0.4 is 4.67 Å². The van der Waals surface area contributed by atoms with Gasteiger partial charge in [-0.1, -0.05) is 84.9 Å². The lowest BCUT2D eigenvalue weighted by molar-refractivity contribution is 0.373. The molecule has 4 rings (SSSR count). The van der Waals surface area contributed by atoms with Gasteiger partial charge in [0.05, 0.1) is 11.4 Å². The van der Waals surface area contributed by atoms with Gasteiger partial charge >= 0.3 is 7.75 Å². The molecule has 156 valence electrons. The van der Waals surface area contributed by atoms with Gasteiger partial charge in [-0.3, -0.25) is 0 Å². The Morgan fingerprint density at radius 2 is 0.871 bits per heavy atom. The zero-order valence-corrected chi connectivity index (χ0v) is 18.3. The minimum Gasteiger partial charge on any atom is -0.308 e. The molecule has 0 aliphatic carbocycles. The largest absolute Gasteiger partial charge is 0.434 e. The molecule has 0 saturated carbocycles. The molecule has 0 aromatic heterocycles. The first kappa shape index (κ1) is 21.1. The third-order valence-corrected chi connectivity index (χ3v) is 6.35. The summed E-state index contributed by atoms with van der Waals surface area (Å²) in [6, 6.07) is 30.4. The van der Waals surface area contributed by atoms with Gasteiger partial charge < -0.3 is 9.79 Å². The summed E-state index contributed by atoms with van der Waals surface area (Å²) in [7, 11) is -4.71. The van der Waals surface area contributed by atoms with Crippen LogP contribution in [0.2, 0.25) is 0 Å². The Hall–Kier alpha value is -3.17. The SMILES string of the molecule is Cc1ccccc1-c1ccccc1N(c1ccccc1-c1ccccc1C)P(=O)(O)O. The monoisotopic (exact) mass is 429 g/mol. The summed E-state index contributed by atoms with van der Waals surface area (Å²) in [5.74, 6) is 0. The first-order chi connectivity index (χ1) is 14.9. The molecule has 4 aromatic rings. The van der Waals surface area contributed by atoms with E-state index in [-0.39, 0.29) is 0 Å². The van der Waals surface area contributed by atoms with E-state index >= 15 is 0 Å². The second-order valence-electron chi connectivity index (χ2n) is 7.49. The highest BCUT2D eigenvalue weighted by molar-refractivity contribution is 7.54. The molecule has 0 heterocycles. The van der Waals surface area contributed by atoms with Crippen LogP contribution in [0.1, 0.15) is 11.1 Å². The Bertz CT molecular complexity index is 1190. The van der Waals surface area contributed by atoms with E-state index in [2.05, 4.69) is 0 Å². The van der Waals surface area contributed by atoms with E-state index in [1.807, 2.05) is 86.6 Å². The van der Waals surface area contributed by atoms with E-state index in [1.54, 1.807) is 24.3 Å². The van der Waals surface area contributed by atoms with Crippen molar-refractivity contribution in [3.63, 3.8) is 0 Å². The van der Waals surface area contributed by atoms with Gasteiger partial charge in [0.15, 0.2) is 0 Å². The van der Waals surface area contributed by atoms with Crippen LogP contribution in [-0.4, -0.2) is 9.79 Å². The van der Waals surface area contributed by atoms with Crippen LogP contribution in [-0.2, 0) is 4.57 Å². The van der Waals surface area contributed by atoms with Crippen molar-refractivity contribution in [3.8, 4) is 22.3 Å². The van der Waals surface area contributed by atoms with Crippen LogP contribution >= 0.6 is 7.75 Å². The maximum absolute atomic E-state index is 12.9. The third kappa shape index (κ3) is 4.19. The number of hydrogen-bond acceptors (Lipinski definition) is 1. The number of benzene rings is 4. The van der Waals surface area contributed by atoms with Crippen LogP contribution in [0.15, 0.2) is 97.1 Å². The number of nitrogens with zero attached hydrogens (tertiary/aromatic N) is 1. The van der Waals surface area contributed by atoms with E-state index in [1.165, 1.54) is 0 Å². The molecule has 5 heteroatoms. The molecular weight excluding hydrogens is 405 g/mol. The van der Waals surface area contributed by atoms with Crippen LogP contribution in [0.25, 0.3) is 22.3 Å². The van der Waals surface area contributed by atoms with Gasteiger partial charge in [-0.05, 0) is 48.2 Å². The molecule has 2 N–H and O–H groups in total. The van der Waals surface area contributed by atoms with Crippen molar-refractivity contribution in [3.05, 3.63) is 108 Å². The van der Waals surface area contributed by atoms with Crippen LogP contribution in [0.5, 0.6) is 0 Å². The van der Waals surface area contributed by atoms with Crippen molar-refractivity contribution >= 4 is 19.1 Å². The predicted octanol–water partition coefficient (Wildman–Crippen LogP) is 6.87. The molecule has 0 unspecified atom stereocenters. The van der Waals surface area contributed by atoms with Crippen molar-refractivity contribution in [2.24, 2.45) is 0 Å². The van der Waals surface area contributed by atoms with Gasteiger partial charge in [-0.2, -0.15) is 0 Å². The fraction of sp³-hybridized carbons (Fsp3) is 0.0769. The van der Waals surface area contributed by atoms with Gasteiger partial charge in [0.1, 0.15) is 0 Å². The van der Waals surface area contributed by atoms with Crippen molar-refractivity contribution in [2.75, 3.05) is 4.67 Å². The number of hydrogen-bond donors (Lipinski definition) is 2. The highest BCUT2D eigenvalue weighted by Gasteiger charge is 2.32. The number of rotatable bonds is 5. The lowest BCUT2D eigenvalue weighted by Crippen LogP contribution is -2.15. The quantitative estimate of drug-likeness (QED) is 0.340. The summed E-state index contributed by atoms with van der Waals surface area (Å²) in [4.78, 5) is 21.0. The van der Waals surface area contributed by atoms with Crippen molar-refractivity contribution in [1.82, 2.24) is 0 Å². The number of aryl methyl sites for hydroxylation is 2. The minimum atomic E-state index is -4.71. The molecule has 0 atom stereocenters. The molecule has 31 heavy (non-hydrogen) atoms. The first-order valence-corrected chi connectivity index (χ1v) is 11.6. The fourth-order valence-corrected chi connectivity index (χ4v) is 4.84. The summed E-state index contributed by atoms with van der Waals surface area (Å²) >= 11 is 0. The maximum atomic E-state index is 12.9. The van der Waals surface area contributed by atoms with Gasteiger partial charge in [-0.25, -0.2) is 9.24 Å². The highest BCUT2D eigenvalue weighted by Crippen LogP contribution is 2.54. The second-order valence-corrected chi connectivity index (χ2v) is 8.92.